The van der Waals surface area contributed by atoms with Gasteiger partial charge < -0.3 is 10.2 Å². The Morgan fingerprint density at radius 2 is 1.35 bits per heavy atom. The number of hydrogen-bond donors (Lipinski definition) is 2. The Balaban J connectivity index is 1.68. The SMILES string of the molecule is CC12CCC3C4CC[C@](C)(O)[C@@]4(C)CCC3[C@@]1(C)CC[C@@H](O)C2. The summed E-state index contributed by atoms with van der Waals surface area (Å²) in [5, 5.41) is 21.2. The molecule has 4 saturated carbocycles. The van der Waals surface area contributed by atoms with Gasteiger partial charge in [-0.3, -0.25) is 0 Å². The summed E-state index contributed by atoms with van der Waals surface area (Å²) in [6, 6.07) is 0. The fourth-order valence-electron chi connectivity index (χ4n) is 7.85. The Morgan fingerprint density at radius 3 is 2.09 bits per heavy atom. The van der Waals surface area contributed by atoms with Crippen LogP contribution >= 0.6 is 0 Å². The molecule has 2 heteroatoms. The van der Waals surface area contributed by atoms with Gasteiger partial charge in [0.05, 0.1) is 11.7 Å². The number of aliphatic hydroxyl groups excluding tert-OH is 1. The minimum atomic E-state index is -0.465. The maximum absolute atomic E-state index is 11.0. The molecule has 0 amide bonds. The molecule has 8 atom stereocenters. The van der Waals surface area contributed by atoms with Gasteiger partial charge in [0, 0.05) is 0 Å². The van der Waals surface area contributed by atoms with Crippen LogP contribution < -0.4 is 0 Å². The molecule has 0 saturated heterocycles. The van der Waals surface area contributed by atoms with Gasteiger partial charge in [0.2, 0.25) is 0 Å². The normalized spacial score (nSPS) is 62.3. The molecule has 4 aliphatic rings. The van der Waals surface area contributed by atoms with Gasteiger partial charge in [-0.15, -0.1) is 0 Å². The maximum Gasteiger partial charge on any atom is 0.0675 e. The zero-order valence-electron chi connectivity index (χ0n) is 15.6. The minimum Gasteiger partial charge on any atom is -0.393 e. The van der Waals surface area contributed by atoms with Crippen LogP contribution in [-0.2, 0) is 0 Å². The monoisotopic (exact) mass is 320 g/mol. The lowest BCUT2D eigenvalue weighted by Crippen LogP contribution is -2.59. The number of aliphatic hydroxyl groups is 2. The second kappa shape index (κ2) is 4.75. The molecule has 4 rings (SSSR count). The van der Waals surface area contributed by atoms with E-state index in [0.29, 0.717) is 16.7 Å². The molecule has 132 valence electrons. The average Bonchev–Trinajstić information content (AvgIpc) is 2.71. The zero-order valence-corrected chi connectivity index (χ0v) is 15.6. The van der Waals surface area contributed by atoms with Crippen molar-refractivity contribution in [1.29, 1.82) is 0 Å². The van der Waals surface area contributed by atoms with E-state index in [-0.39, 0.29) is 11.5 Å². The number of fused-ring (bicyclic) bond motifs is 5. The first-order valence-electron chi connectivity index (χ1n) is 10.0. The van der Waals surface area contributed by atoms with Crippen LogP contribution in [0.25, 0.3) is 0 Å². The highest BCUT2D eigenvalue weighted by molar-refractivity contribution is 5.14. The molecule has 4 fully saturated rings. The first kappa shape index (κ1) is 16.4. The highest BCUT2D eigenvalue weighted by Gasteiger charge is 2.65. The molecule has 0 heterocycles. The van der Waals surface area contributed by atoms with Crippen LogP contribution in [0.1, 0.15) is 85.5 Å². The molecule has 0 aromatic carbocycles. The molecule has 0 radical (unpaired) electrons. The number of hydrogen-bond acceptors (Lipinski definition) is 2. The van der Waals surface area contributed by atoms with Gasteiger partial charge in [-0.2, -0.15) is 0 Å². The average molecular weight is 321 g/mol. The highest BCUT2D eigenvalue weighted by Crippen LogP contribution is 2.71. The van der Waals surface area contributed by atoms with Gasteiger partial charge in [0.15, 0.2) is 0 Å². The Labute approximate surface area is 142 Å². The van der Waals surface area contributed by atoms with Crippen LogP contribution in [-0.4, -0.2) is 21.9 Å². The van der Waals surface area contributed by atoms with Crippen LogP contribution in [0, 0.1) is 34.0 Å². The Morgan fingerprint density at radius 1 is 0.739 bits per heavy atom. The zero-order chi connectivity index (χ0) is 16.7. The largest absolute Gasteiger partial charge is 0.393 e. The van der Waals surface area contributed by atoms with Gasteiger partial charge in [-0.1, -0.05) is 20.8 Å². The predicted octanol–water partition coefficient (Wildman–Crippen LogP) is 4.53. The van der Waals surface area contributed by atoms with Gasteiger partial charge in [0.25, 0.3) is 0 Å². The van der Waals surface area contributed by atoms with Crippen molar-refractivity contribution >= 4 is 0 Å². The van der Waals surface area contributed by atoms with Crippen LogP contribution in [0.5, 0.6) is 0 Å². The van der Waals surface area contributed by atoms with Crippen LogP contribution in [0.3, 0.4) is 0 Å². The van der Waals surface area contributed by atoms with Crippen molar-refractivity contribution in [2.24, 2.45) is 34.0 Å². The summed E-state index contributed by atoms with van der Waals surface area (Å²) >= 11 is 0. The minimum absolute atomic E-state index is 0.0781. The first-order chi connectivity index (χ1) is 10.6. The van der Waals surface area contributed by atoms with Gasteiger partial charge >= 0.3 is 0 Å². The summed E-state index contributed by atoms with van der Waals surface area (Å²) < 4.78 is 0. The van der Waals surface area contributed by atoms with Crippen LogP contribution in [0.2, 0.25) is 0 Å². The summed E-state index contributed by atoms with van der Waals surface area (Å²) in [6.45, 7) is 9.48. The highest BCUT2D eigenvalue weighted by atomic mass is 16.3. The first-order valence-corrected chi connectivity index (χ1v) is 10.0. The predicted molar refractivity (Wildman–Crippen MR) is 93.0 cm³/mol. The van der Waals surface area contributed by atoms with Gasteiger partial charge in [0.1, 0.15) is 0 Å². The maximum atomic E-state index is 11.0. The van der Waals surface area contributed by atoms with Gasteiger partial charge in [-0.05, 0) is 98.7 Å². The second-order valence-corrected chi connectivity index (χ2v) is 10.6. The quantitative estimate of drug-likeness (QED) is 0.688. The van der Waals surface area contributed by atoms with E-state index < -0.39 is 5.60 Å². The lowest BCUT2D eigenvalue weighted by Gasteiger charge is -2.65. The van der Waals surface area contributed by atoms with E-state index in [9.17, 15) is 10.2 Å². The van der Waals surface area contributed by atoms with E-state index in [0.717, 1.165) is 31.1 Å². The summed E-state index contributed by atoms with van der Waals surface area (Å²) in [4.78, 5) is 0. The lowest BCUT2D eigenvalue weighted by atomic mass is 9.40. The molecule has 4 aliphatic carbocycles. The Kier molecular flexibility index (Phi) is 3.39. The van der Waals surface area contributed by atoms with Gasteiger partial charge in [-0.25, -0.2) is 0 Å². The summed E-state index contributed by atoms with van der Waals surface area (Å²) in [7, 11) is 0. The van der Waals surface area contributed by atoms with E-state index in [4.69, 9.17) is 0 Å². The molecule has 0 spiro atoms. The summed E-state index contributed by atoms with van der Waals surface area (Å²) in [5.41, 5.74) is 0.380. The third-order valence-electron chi connectivity index (χ3n) is 9.91. The smallest absolute Gasteiger partial charge is 0.0675 e. The van der Waals surface area contributed by atoms with Crippen molar-refractivity contribution in [1.82, 2.24) is 0 Å². The van der Waals surface area contributed by atoms with Crippen molar-refractivity contribution in [3.8, 4) is 0 Å². The molecule has 0 aliphatic heterocycles. The Hall–Kier alpha value is -0.0800. The molecular formula is C21H36O2. The van der Waals surface area contributed by atoms with Crippen molar-refractivity contribution in [3.63, 3.8) is 0 Å². The van der Waals surface area contributed by atoms with E-state index >= 15 is 0 Å². The van der Waals surface area contributed by atoms with Crippen molar-refractivity contribution in [3.05, 3.63) is 0 Å². The van der Waals surface area contributed by atoms with Crippen molar-refractivity contribution in [2.45, 2.75) is 97.2 Å². The summed E-state index contributed by atoms with van der Waals surface area (Å²) in [5.74, 6) is 2.32. The summed E-state index contributed by atoms with van der Waals surface area (Å²) in [6.07, 6.45) is 10.4. The van der Waals surface area contributed by atoms with E-state index in [1.54, 1.807) is 0 Å². The molecule has 2 N–H and O–H groups in total. The fourth-order valence-corrected chi connectivity index (χ4v) is 7.85. The molecular weight excluding hydrogens is 284 g/mol. The standard InChI is InChI=1S/C21H36O2/c1-18-9-6-15-16(19(18,2)10-5-14(22)13-18)7-11-20(3)17(15)8-12-21(20,4)23/h14-17,22-23H,5-13H2,1-4H3/t14-,15?,16?,17?,18?,19-,20+,21+/m1/s1. The lowest BCUT2D eigenvalue weighted by molar-refractivity contribution is -0.184. The second-order valence-electron chi connectivity index (χ2n) is 10.6. The third kappa shape index (κ3) is 1.94. The molecule has 0 aromatic rings. The molecule has 0 aromatic heterocycles. The molecule has 4 unspecified atom stereocenters. The Bertz CT molecular complexity index is 500. The molecule has 0 bridgehead atoms. The molecule has 23 heavy (non-hydrogen) atoms. The van der Waals surface area contributed by atoms with Crippen LogP contribution in [0.4, 0.5) is 0 Å². The molecule has 2 nitrogen and oxygen atoms in total. The topological polar surface area (TPSA) is 40.5 Å². The fraction of sp³-hybridized carbons (Fsp3) is 1.00. The van der Waals surface area contributed by atoms with Crippen LogP contribution in [0.15, 0.2) is 0 Å². The van der Waals surface area contributed by atoms with E-state index in [2.05, 4.69) is 27.7 Å². The van der Waals surface area contributed by atoms with Crippen molar-refractivity contribution < 1.29 is 10.2 Å². The van der Waals surface area contributed by atoms with E-state index in [1.807, 2.05) is 0 Å². The van der Waals surface area contributed by atoms with E-state index in [1.165, 1.54) is 38.5 Å². The van der Waals surface area contributed by atoms with Crippen molar-refractivity contribution in [2.75, 3.05) is 0 Å². The number of rotatable bonds is 0. The third-order valence-corrected chi connectivity index (χ3v) is 9.91.